The average molecular weight is 308 g/mol. The molecule has 8 nitrogen and oxygen atoms in total. The molecular weight excluding hydrogens is 287 g/mol. The van der Waals surface area contributed by atoms with Crippen molar-refractivity contribution in [2.24, 2.45) is 0 Å². The van der Waals surface area contributed by atoms with Crippen molar-refractivity contribution in [1.29, 1.82) is 0 Å². The lowest BCUT2D eigenvalue weighted by molar-refractivity contribution is 0.0293. The lowest BCUT2D eigenvalue weighted by atomic mass is 9.83. The SMILES string of the molecule is CC(C)(C)OC(=O)N1CCC(Nc2ncc(B(O)O)cn2)C1. The molecule has 1 fully saturated rings. The zero-order valence-electron chi connectivity index (χ0n) is 13.0. The summed E-state index contributed by atoms with van der Waals surface area (Å²) in [6, 6.07) is 0.0393. The van der Waals surface area contributed by atoms with Crippen molar-refractivity contribution in [1.82, 2.24) is 14.9 Å². The summed E-state index contributed by atoms with van der Waals surface area (Å²) in [5.74, 6) is 0.389. The summed E-state index contributed by atoms with van der Waals surface area (Å²) in [7, 11) is -1.58. The second-order valence-electron chi connectivity index (χ2n) is 6.27. The van der Waals surface area contributed by atoms with E-state index in [2.05, 4.69) is 15.3 Å². The molecule has 0 radical (unpaired) electrons. The molecule has 120 valence electrons. The number of amides is 1. The van der Waals surface area contributed by atoms with Gasteiger partial charge in [-0.3, -0.25) is 0 Å². The Labute approximate surface area is 129 Å². The van der Waals surface area contributed by atoms with E-state index in [4.69, 9.17) is 14.8 Å². The second-order valence-corrected chi connectivity index (χ2v) is 6.27. The highest BCUT2D eigenvalue weighted by Gasteiger charge is 2.30. The summed E-state index contributed by atoms with van der Waals surface area (Å²) in [4.78, 5) is 21.6. The monoisotopic (exact) mass is 308 g/mol. The molecule has 0 aromatic carbocycles. The molecule has 1 aromatic heterocycles. The number of nitrogens with one attached hydrogen (secondary N) is 1. The minimum atomic E-state index is -1.58. The number of hydrogen-bond acceptors (Lipinski definition) is 7. The molecule has 1 aliphatic rings. The Kier molecular flexibility index (Phi) is 4.87. The van der Waals surface area contributed by atoms with Gasteiger partial charge >= 0.3 is 13.2 Å². The Balaban J connectivity index is 1.87. The number of hydrogen-bond donors (Lipinski definition) is 3. The van der Waals surface area contributed by atoms with Gasteiger partial charge in [0.05, 0.1) is 0 Å². The standard InChI is InChI=1S/C13H21BN4O4/c1-13(2,3)22-12(19)18-5-4-10(8-18)17-11-15-6-9(7-16-11)14(20)21/h6-7,10,20-21H,4-5,8H2,1-3H3,(H,15,16,17). The van der Waals surface area contributed by atoms with Crippen LogP contribution in [-0.4, -0.2) is 62.9 Å². The van der Waals surface area contributed by atoms with E-state index in [1.54, 1.807) is 4.90 Å². The van der Waals surface area contributed by atoms with Crippen LogP contribution in [0, 0.1) is 0 Å². The fraction of sp³-hybridized carbons (Fsp3) is 0.615. The highest BCUT2D eigenvalue weighted by Crippen LogP contribution is 2.17. The van der Waals surface area contributed by atoms with Gasteiger partial charge in [0.2, 0.25) is 5.95 Å². The topological polar surface area (TPSA) is 108 Å². The van der Waals surface area contributed by atoms with Crippen molar-refractivity contribution < 1.29 is 19.6 Å². The minimum absolute atomic E-state index is 0.0393. The van der Waals surface area contributed by atoms with Crippen LogP contribution in [0.5, 0.6) is 0 Å². The maximum Gasteiger partial charge on any atom is 0.491 e. The summed E-state index contributed by atoms with van der Waals surface area (Å²) in [6.45, 7) is 6.63. The van der Waals surface area contributed by atoms with Gasteiger partial charge in [-0.25, -0.2) is 14.8 Å². The van der Waals surface area contributed by atoms with E-state index in [0.29, 0.717) is 19.0 Å². The van der Waals surface area contributed by atoms with Crippen molar-refractivity contribution in [2.45, 2.75) is 38.8 Å². The van der Waals surface area contributed by atoms with Crippen molar-refractivity contribution >= 4 is 24.6 Å². The van der Waals surface area contributed by atoms with Crippen molar-refractivity contribution in [3.63, 3.8) is 0 Å². The number of aromatic nitrogens is 2. The number of likely N-dealkylation sites (tertiary alicyclic amines) is 1. The molecule has 2 rings (SSSR count). The average Bonchev–Trinajstić information content (AvgIpc) is 2.86. The Hall–Kier alpha value is -1.87. The van der Waals surface area contributed by atoms with E-state index in [1.165, 1.54) is 12.4 Å². The summed E-state index contributed by atoms with van der Waals surface area (Å²) in [6.07, 6.45) is 3.14. The number of nitrogens with zero attached hydrogens (tertiary/aromatic N) is 3. The number of carbonyl (C=O) groups excluding carboxylic acids is 1. The van der Waals surface area contributed by atoms with Gasteiger partial charge in [0.25, 0.3) is 0 Å². The quantitative estimate of drug-likeness (QED) is 0.651. The molecule has 1 unspecified atom stereocenters. The van der Waals surface area contributed by atoms with Crippen LogP contribution in [0.4, 0.5) is 10.7 Å². The molecular formula is C13H21BN4O4. The number of carbonyl (C=O) groups is 1. The van der Waals surface area contributed by atoms with E-state index >= 15 is 0 Å². The molecule has 1 atom stereocenters. The molecule has 1 aliphatic heterocycles. The van der Waals surface area contributed by atoms with Gasteiger partial charge in [0, 0.05) is 37.0 Å². The summed E-state index contributed by atoms with van der Waals surface area (Å²) < 4.78 is 5.33. The van der Waals surface area contributed by atoms with Crippen LogP contribution in [0.3, 0.4) is 0 Å². The highest BCUT2D eigenvalue weighted by molar-refractivity contribution is 6.58. The van der Waals surface area contributed by atoms with Crippen LogP contribution in [0.25, 0.3) is 0 Å². The maximum atomic E-state index is 12.0. The molecule has 9 heteroatoms. The molecule has 1 amide bonds. The van der Waals surface area contributed by atoms with Gasteiger partial charge in [0.15, 0.2) is 0 Å². The minimum Gasteiger partial charge on any atom is -0.444 e. The first-order valence-corrected chi connectivity index (χ1v) is 7.17. The Morgan fingerprint density at radius 1 is 1.41 bits per heavy atom. The van der Waals surface area contributed by atoms with Crippen LogP contribution in [0.2, 0.25) is 0 Å². The third kappa shape index (κ3) is 4.57. The molecule has 0 bridgehead atoms. The molecule has 1 aromatic rings. The van der Waals surface area contributed by atoms with Gasteiger partial charge in [-0.05, 0) is 27.2 Å². The Bertz CT molecular complexity index is 518. The van der Waals surface area contributed by atoms with Gasteiger partial charge in [-0.15, -0.1) is 0 Å². The van der Waals surface area contributed by atoms with Crippen molar-refractivity contribution in [3.05, 3.63) is 12.4 Å². The molecule has 1 saturated heterocycles. The fourth-order valence-electron chi connectivity index (χ4n) is 2.10. The second kappa shape index (κ2) is 6.49. The first kappa shape index (κ1) is 16.5. The lowest BCUT2D eigenvalue weighted by Crippen LogP contribution is -2.37. The van der Waals surface area contributed by atoms with Crippen LogP contribution < -0.4 is 10.8 Å². The van der Waals surface area contributed by atoms with Crippen LogP contribution in [0.15, 0.2) is 12.4 Å². The molecule has 3 N–H and O–H groups in total. The fourth-order valence-corrected chi connectivity index (χ4v) is 2.10. The van der Waals surface area contributed by atoms with E-state index in [1.807, 2.05) is 20.8 Å². The van der Waals surface area contributed by atoms with E-state index < -0.39 is 12.7 Å². The zero-order chi connectivity index (χ0) is 16.3. The summed E-state index contributed by atoms with van der Waals surface area (Å²) in [5, 5.41) is 21.1. The Morgan fingerprint density at radius 3 is 2.59 bits per heavy atom. The summed E-state index contributed by atoms with van der Waals surface area (Å²) in [5.41, 5.74) is -0.278. The van der Waals surface area contributed by atoms with Gasteiger partial charge in [0.1, 0.15) is 5.60 Å². The van der Waals surface area contributed by atoms with Gasteiger partial charge in [-0.2, -0.15) is 0 Å². The first-order chi connectivity index (χ1) is 10.2. The van der Waals surface area contributed by atoms with Crippen molar-refractivity contribution in [3.8, 4) is 0 Å². The van der Waals surface area contributed by atoms with E-state index in [9.17, 15) is 4.79 Å². The number of anilines is 1. The highest BCUT2D eigenvalue weighted by atomic mass is 16.6. The smallest absolute Gasteiger partial charge is 0.444 e. The first-order valence-electron chi connectivity index (χ1n) is 7.17. The van der Waals surface area contributed by atoms with E-state index in [-0.39, 0.29) is 17.6 Å². The zero-order valence-corrected chi connectivity index (χ0v) is 13.0. The molecule has 0 spiro atoms. The normalized spacial score (nSPS) is 18.2. The van der Waals surface area contributed by atoms with Gasteiger partial charge in [-0.1, -0.05) is 0 Å². The largest absolute Gasteiger partial charge is 0.491 e. The Morgan fingerprint density at radius 2 is 2.05 bits per heavy atom. The van der Waals surface area contributed by atoms with Crippen LogP contribution >= 0.6 is 0 Å². The molecule has 0 saturated carbocycles. The number of ether oxygens (including phenoxy) is 1. The van der Waals surface area contributed by atoms with Crippen molar-refractivity contribution in [2.75, 3.05) is 18.4 Å². The van der Waals surface area contributed by atoms with Gasteiger partial charge < -0.3 is 25.0 Å². The third-order valence-electron chi connectivity index (χ3n) is 3.14. The predicted molar refractivity (Wildman–Crippen MR) is 81.7 cm³/mol. The lowest BCUT2D eigenvalue weighted by Gasteiger charge is -2.24. The van der Waals surface area contributed by atoms with Crippen LogP contribution in [0.1, 0.15) is 27.2 Å². The number of rotatable bonds is 3. The summed E-state index contributed by atoms with van der Waals surface area (Å²) >= 11 is 0. The molecule has 2 heterocycles. The van der Waals surface area contributed by atoms with E-state index in [0.717, 1.165) is 6.42 Å². The predicted octanol–water partition coefficient (Wildman–Crippen LogP) is -0.422. The van der Waals surface area contributed by atoms with Crippen LogP contribution in [-0.2, 0) is 4.74 Å². The maximum absolute atomic E-state index is 12.0. The third-order valence-corrected chi connectivity index (χ3v) is 3.14. The molecule has 0 aliphatic carbocycles. The molecule has 22 heavy (non-hydrogen) atoms.